The molecule has 2 aromatic carbocycles. The number of nitrogens with zero attached hydrogens (tertiary/aromatic N) is 4. The summed E-state index contributed by atoms with van der Waals surface area (Å²) in [6.07, 6.45) is 4.99. The Kier molecular flexibility index (Phi) is 3.88. The Morgan fingerprint density at radius 2 is 1.72 bits per heavy atom. The van der Waals surface area contributed by atoms with Gasteiger partial charge >= 0.3 is 0 Å². The maximum absolute atomic E-state index is 12.9. The molecule has 120 valence electrons. The van der Waals surface area contributed by atoms with Crippen molar-refractivity contribution in [1.29, 1.82) is 0 Å². The molecule has 0 N–H and O–H groups in total. The van der Waals surface area contributed by atoms with Crippen molar-refractivity contribution >= 4 is 17.1 Å². The van der Waals surface area contributed by atoms with Crippen LogP contribution in [0, 0.1) is 0 Å². The van der Waals surface area contributed by atoms with Crippen molar-refractivity contribution in [2.45, 2.75) is 0 Å². The summed E-state index contributed by atoms with van der Waals surface area (Å²) in [5.74, 6) is 0.504. The Hall–Kier alpha value is -3.60. The molecular weight excluding hydrogens is 312 g/mol. The van der Waals surface area contributed by atoms with Crippen LogP contribution in [0.3, 0.4) is 0 Å². The molecule has 0 spiro atoms. The van der Waals surface area contributed by atoms with Gasteiger partial charge < -0.3 is 0 Å². The average molecular weight is 326 g/mol. The quantitative estimate of drug-likeness (QED) is 0.543. The summed E-state index contributed by atoms with van der Waals surface area (Å²) in [6.45, 7) is 0. The summed E-state index contributed by atoms with van der Waals surface area (Å²) in [6, 6.07) is 20.5. The third kappa shape index (κ3) is 2.95. The Balaban J connectivity index is 1.96. The molecule has 4 rings (SSSR count). The summed E-state index contributed by atoms with van der Waals surface area (Å²) < 4.78 is 1.34. The zero-order chi connectivity index (χ0) is 17.1. The van der Waals surface area contributed by atoms with Gasteiger partial charge in [-0.3, -0.25) is 9.78 Å². The second-order valence-electron chi connectivity index (χ2n) is 5.47. The monoisotopic (exact) mass is 326 g/mol. The number of aromatic nitrogens is 3. The first-order chi connectivity index (χ1) is 12.3. The Bertz CT molecular complexity index is 1100. The van der Waals surface area contributed by atoms with Crippen LogP contribution in [0.1, 0.15) is 5.56 Å². The van der Waals surface area contributed by atoms with Crippen LogP contribution in [0.15, 0.2) is 89.0 Å². The van der Waals surface area contributed by atoms with Crippen molar-refractivity contribution in [3.05, 3.63) is 95.0 Å². The molecule has 25 heavy (non-hydrogen) atoms. The first-order valence-electron chi connectivity index (χ1n) is 7.84. The van der Waals surface area contributed by atoms with E-state index in [1.165, 1.54) is 4.68 Å². The summed E-state index contributed by atoms with van der Waals surface area (Å²) in [4.78, 5) is 21.6. The van der Waals surface area contributed by atoms with Crippen molar-refractivity contribution < 1.29 is 0 Å². The molecule has 0 radical (unpaired) electrons. The lowest BCUT2D eigenvalue weighted by atomic mass is 10.2. The molecule has 0 saturated carbocycles. The topological polar surface area (TPSA) is 60.1 Å². The third-order valence-electron chi connectivity index (χ3n) is 3.79. The summed E-state index contributed by atoms with van der Waals surface area (Å²) in [5, 5.41) is 4.91. The molecule has 4 aromatic rings. The van der Waals surface area contributed by atoms with Gasteiger partial charge in [-0.25, -0.2) is 4.98 Å². The maximum atomic E-state index is 12.9. The molecule has 2 heterocycles. The van der Waals surface area contributed by atoms with Crippen LogP contribution in [0.4, 0.5) is 0 Å². The van der Waals surface area contributed by atoms with E-state index in [0.29, 0.717) is 16.7 Å². The van der Waals surface area contributed by atoms with E-state index in [1.54, 1.807) is 24.7 Å². The number of pyridine rings is 1. The first-order valence-corrected chi connectivity index (χ1v) is 7.84. The minimum Gasteiger partial charge on any atom is -0.267 e. The average Bonchev–Trinajstić information content (AvgIpc) is 2.69. The molecule has 5 nitrogen and oxygen atoms in total. The van der Waals surface area contributed by atoms with Gasteiger partial charge in [0.2, 0.25) is 0 Å². The Morgan fingerprint density at radius 3 is 2.52 bits per heavy atom. The second-order valence-corrected chi connectivity index (χ2v) is 5.47. The molecule has 0 aliphatic rings. The predicted octanol–water partition coefficient (Wildman–Crippen LogP) is 3.34. The number of hydrogen-bond acceptors (Lipinski definition) is 4. The van der Waals surface area contributed by atoms with Gasteiger partial charge in [0.05, 0.1) is 17.1 Å². The van der Waals surface area contributed by atoms with E-state index in [2.05, 4.69) is 15.1 Å². The normalized spacial score (nSPS) is 11.2. The van der Waals surface area contributed by atoms with E-state index < -0.39 is 0 Å². The van der Waals surface area contributed by atoms with E-state index in [4.69, 9.17) is 0 Å². The number of hydrogen-bond donors (Lipinski definition) is 0. The lowest BCUT2D eigenvalue weighted by Gasteiger charge is -2.09. The van der Waals surface area contributed by atoms with E-state index in [1.807, 2.05) is 60.7 Å². The molecular formula is C20H14N4O. The fraction of sp³-hybridized carbons (Fsp3) is 0. The minimum absolute atomic E-state index is 0.204. The van der Waals surface area contributed by atoms with Crippen LogP contribution in [0.2, 0.25) is 0 Å². The standard InChI is InChI=1S/C20H14N4O/c25-20-17-10-4-5-11-18(17)23-19(16-8-2-1-3-9-16)24(20)22-14-15-7-6-12-21-13-15/h1-14H/b22-14+. The molecule has 0 atom stereocenters. The largest absolute Gasteiger partial charge is 0.282 e. The SMILES string of the molecule is O=c1c2ccccc2nc(-c2ccccc2)n1/N=C/c1cccnc1. The van der Waals surface area contributed by atoms with Gasteiger partial charge in [0.15, 0.2) is 5.82 Å². The maximum Gasteiger partial charge on any atom is 0.282 e. The smallest absolute Gasteiger partial charge is 0.267 e. The minimum atomic E-state index is -0.204. The van der Waals surface area contributed by atoms with E-state index in [9.17, 15) is 4.79 Å². The van der Waals surface area contributed by atoms with Crippen molar-refractivity contribution in [3.63, 3.8) is 0 Å². The van der Waals surface area contributed by atoms with Crippen LogP contribution in [-0.2, 0) is 0 Å². The molecule has 0 bridgehead atoms. The lowest BCUT2D eigenvalue weighted by Crippen LogP contribution is -2.20. The van der Waals surface area contributed by atoms with Crippen LogP contribution in [-0.4, -0.2) is 20.9 Å². The molecule has 0 aliphatic heterocycles. The van der Waals surface area contributed by atoms with Gasteiger partial charge in [0, 0.05) is 23.5 Å². The van der Waals surface area contributed by atoms with Crippen LogP contribution in [0.25, 0.3) is 22.3 Å². The Morgan fingerprint density at radius 1 is 0.920 bits per heavy atom. The predicted molar refractivity (Wildman–Crippen MR) is 98.7 cm³/mol. The zero-order valence-electron chi connectivity index (χ0n) is 13.3. The molecule has 5 heteroatoms. The van der Waals surface area contributed by atoms with Gasteiger partial charge in [-0.15, -0.1) is 0 Å². The highest BCUT2D eigenvalue weighted by Crippen LogP contribution is 2.18. The van der Waals surface area contributed by atoms with Gasteiger partial charge in [-0.1, -0.05) is 48.5 Å². The van der Waals surface area contributed by atoms with Crippen molar-refractivity contribution in [3.8, 4) is 11.4 Å². The highest BCUT2D eigenvalue weighted by Gasteiger charge is 2.11. The van der Waals surface area contributed by atoms with E-state index >= 15 is 0 Å². The molecule has 0 amide bonds. The molecule has 0 aliphatic carbocycles. The lowest BCUT2D eigenvalue weighted by molar-refractivity contribution is 0.829. The summed E-state index contributed by atoms with van der Waals surface area (Å²) in [7, 11) is 0. The molecule has 0 unspecified atom stereocenters. The van der Waals surface area contributed by atoms with Gasteiger partial charge in [0.1, 0.15) is 0 Å². The molecule has 2 aromatic heterocycles. The van der Waals surface area contributed by atoms with Gasteiger partial charge in [-0.05, 0) is 18.2 Å². The van der Waals surface area contributed by atoms with Crippen LogP contribution < -0.4 is 5.56 Å². The van der Waals surface area contributed by atoms with Crippen molar-refractivity contribution in [1.82, 2.24) is 14.6 Å². The number of benzene rings is 2. The van der Waals surface area contributed by atoms with Gasteiger partial charge in [0.25, 0.3) is 5.56 Å². The van der Waals surface area contributed by atoms with Crippen LogP contribution in [0.5, 0.6) is 0 Å². The summed E-state index contributed by atoms with van der Waals surface area (Å²) in [5.41, 5.74) is 2.08. The highest BCUT2D eigenvalue weighted by atomic mass is 16.1. The van der Waals surface area contributed by atoms with E-state index in [-0.39, 0.29) is 5.56 Å². The molecule has 0 fully saturated rings. The van der Waals surface area contributed by atoms with Crippen molar-refractivity contribution in [2.75, 3.05) is 0 Å². The Labute approximate surface area is 143 Å². The third-order valence-corrected chi connectivity index (χ3v) is 3.79. The van der Waals surface area contributed by atoms with Gasteiger partial charge in [-0.2, -0.15) is 9.78 Å². The fourth-order valence-corrected chi connectivity index (χ4v) is 2.58. The second kappa shape index (κ2) is 6.49. The van der Waals surface area contributed by atoms with Crippen molar-refractivity contribution in [2.24, 2.45) is 5.10 Å². The number of para-hydroxylation sites is 1. The zero-order valence-corrected chi connectivity index (χ0v) is 13.3. The molecule has 0 saturated heterocycles. The number of fused-ring (bicyclic) bond motifs is 1. The number of rotatable bonds is 3. The van der Waals surface area contributed by atoms with Crippen LogP contribution >= 0.6 is 0 Å². The first kappa shape index (κ1) is 15.0. The fourth-order valence-electron chi connectivity index (χ4n) is 2.58. The van der Waals surface area contributed by atoms with E-state index in [0.717, 1.165) is 11.1 Å². The summed E-state index contributed by atoms with van der Waals surface area (Å²) >= 11 is 0. The highest BCUT2D eigenvalue weighted by molar-refractivity contribution is 5.81.